The van der Waals surface area contributed by atoms with Crippen LogP contribution in [0, 0.1) is 5.82 Å². The fourth-order valence-electron chi connectivity index (χ4n) is 5.25. The lowest BCUT2D eigenvalue weighted by Gasteiger charge is -2.46. The summed E-state index contributed by atoms with van der Waals surface area (Å²) in [6.07, 6.45) is -1.96. The van der Waals surface area contributed by atoms with Crippen molar-refractivity contribution in [2.24, 2.45) is 0 Å². The summed E-state index contributed by atoms with van der Waals surface area (Å²) in [6.45, 7) is 2.59. The predicted octanol–water partition coefficient (Wildman–Crippen LogP) is 6.39. The van der Waals surface area contributed by atoms with E-state index in [4.69, 9.17) is 11.6 Å². The van der Waals surface area contributed by atoms with Crippen molar-refractivity contribution >= 4 is 29.0 Å². The maximum atomic E-state index is 14.4. The highest BCUT2D eigenvalue weighted by atomic mass is 35.5. The van der Waals surface area contributed by atoms with E-state index in [1.54, 1.807) is 17.0 Å². The molecule has 5 rings (SSSR count). The molecular formula is C25H24ClF4N5O. The van der Waals surface area contributed by atoms with Gasteiger partial charge in [-0.3, -0.25) is 10.00 Å². The van der Waals surface area contributed by atoms with Crippen LogP contribution in [0.5, 0.6) is 0 Å². The zero-order valence-corrected chi connectivity index (χ0v) is 20.2. The summed E-state index contributed by atoms with van der Waals surface area (Å²) in [6, 6.07) is 8.89. The first-order valence-corrected chi connectivity index (χ1v) is 12.0. The summed E-state index contributed by atoms with van der Waals surface area (Å²) in [5.74, 6) is -0.403. The van der Waals surface area contributed by atoms with Crippen LogP contribution in [0.15, 0.2) is 48.7 Å². The molecule has 0 radical (unpaired) electrons. The van der Waals surface area contributed by atoms with Gasteiger partial charge < -0.3 is 9.80 Å². The number of fused-ring (bicyclic) bond motifs is 1. The lowest BCUT2D eigenvalue weighted by molar-refractivity contribution is -0.138. The number of carbonyl (C=O) groups is 1. The van der Waals surface area contributed by atoms with Crippen LogP contribution in [0.1, 0.15) is 42.6 Å². The molecule has 2 aliphatic heterocycles. The number of anilines is 2. The van der Waals surface area contributed by atoms with Gasteiger partial charge in [-0.25, -0.2) is 9.18 Å². The molecule has 1 aromatic heterocycles. The Bertz CT molecular complexity index is 1250. The van der Waals surface area contributed by atoms with Gasteiger partial charge in [-0.15, -0.1) is 0 Å². The maximum absolute atomic E-state index is 14.4. The molecule has 1 N–H and O–H groups in total. The van der Waals surface area contributed by atoms with Crippen molar-refractivity contribution in [2.75, 3.05) is 22.9 Å². The van der Waals surface area contributed by atoms with Crippen molar-refractivity contribution in [3.05, 3.63) is 76.3 Å². The van der Waals surface area contributed by atoms with Gasteiger partial charge in [0.2, 0.25) is 0 Å². The highest BCUT2D eigenvalue weighted by molar-refractivity contribution is 6.33. The number of rotatable bonds is 4. The van der Waals surface area contributed by atoms with Gasteiger partial charge in [0.15, 0.2) is 0 Å². The molecule has 1 unspecified atom stereocenters. The molecule has 3 heterocycles. The highest BCUT2D eigenvalue weighted by Gasteiger charge is 2.42. The largest absolute Gasteiger partial charge is 0.416 e. The number of aromatic nitrogens is 2. The fraction of sp³-hybridized carbons (Fsp3) is 0.360. The minimum Gasteiger partial charge on any atom is -0.368 e. The lowest BCUT2D eigenvalue weighted by Crippen LogP contribution is -2.55. The van der Waals surface area contributed by atoms with Crippen molar-refractivity contribution in [1.29, 1.82) is 0 Å². The quantitative estimate of drug-likeness (QED) is 0.405. The van der Waals surface area contributed by atoms with Gasteiger partial charge in [-0.05, 0) is 43.5 Å². The molecule has 190 valence electrons. The van der Waals surface area contributed by atoms with Crippen LogP contribution in [-0.4, -0.2) is 40.3 Å². The molecule has 1 fully saturated rings. The molecule has 6 nitrogen and oxygen atoms in total. The number of piperidine rings is 1. The van der Waals surface area contributed by atoms with Crippen molar-refractivity contribution in [2.45, 2.75) is 44.6 Å². The molecule has 11 heteroatoms. The van der Waals surface area contributed by atoms with E-state index in [2.05, 4.69) is 10.2 Å². The Kier molecular flexibility index (Phi) is 6.32. The Morgan fingerprint density at radius 2 is 1.83 bits per heavy atom. The third-order valence-corrected chi connectivity index (χ3v) is 7.29. The zero-order valence-electron chi connectivity index (χ0n) is 19.4. The van der Waals surface area contributed by atoms with Crippen LogP contribution >= 0.6 is 11.6 Å². The molecule has 0 bridgehead atoms. The van der Waals surface area contributed by atoms with Crippen molar-refractivity contribution < 1.29 is 22.4 Å². The first-order chi connectivity index (χ1) is 17.2. The SMILES string of the molecule is CC1c2[nH]ncc2N(Cc2ccccc2C(F)(F)F)C(=O)N1C1CCN(c2c(F)cccc2Cl)CC1. The summed E-state index contributed by atoms with van der Waals surface area (Å²) < 4.78 is 55.3. The zero-order chi connectivity index (χ0) is 25.6. The van der Waals surface area contributed by atoms with Gasteiger partial charge in [-0.2, -0.15) is 18.3 Å². The van der Waals surface area contributed by atoms with E-state index in [9.17, 15) is 22.4 Å². The van der Waals surface area contributed by atoms with E-state index in [0.29, 0.717) is 48.0 Å². The fourth-order valence-corrected chi connectivity index (χ4v) is 5.53. The Hall–Kier alpha value is -3.27. The minimum atomic E-state index is -4.54. The van der Waals surface area contributed by atoms with E-state index >= 15 is 0 Å². The number of H-pyrrole nitrogens is 1. The third-order valence-electron chi connectivity index (χ3n) is 6.99. The number of hydrogen-bond acceptors (Lipinski definition) is 3. The first-order valence-electron chi connectivity index (χ1n) is 11.6. The second-order valence-corrected chi connectivity index (χ2v) is 9.47. The molecule has 1 atom stereocenters. The van der Waals surface area contributed by atoms with E-state index in [1.165, 1.54) is 35.4 Å². The predicted molar refractivity (Wildman–Crippen MR) is 129 cm³/mol. The number of aromatic amines is 1. The average Bonchev–Trinajstić information content (AvgIpc) is 3.33. The standard InChI is InChI=1S/C25H24ClF4N5O/c1-15-22-21(13-31-32-22)34(14-16-5-2-3-6-18(16)25(28,29)30)24(36)35(15)17-9-11-33(12-10-17)23-19(26)7-4-8-20(23)27/h2-8,13,15,17H,9-12,14H2,1H3,(H,31,32). The number of amides is 2. The summed E-state index contributed by atoms with van der Waals surface area (Å²) in [7, 11) is 0. The van der Waals surface area contributed by atoms with Crippen molar-refractivity contribution in [1.82, 2.24) is 15.1 Å². The summed E-state index contributed by atoms with van der Waals surface area (Å²) in [5, 5.41) is 7.32. The van der Waals surface area contributed by atoms with Gasteiger partial charge in [0, 0.05) is 19.1 Å². The monoisotopic (exact) mass is 521 g/mol. The number of urea groups is 1. The molecule has 0 saturated carbocycles. The van der Waals surface area contributed by atoms with Crippen LogP contribution in [0.4, 0.5) is 33.7 Å². The van der Waals surface area contributed by atoms with Gasteiger partial charge in [0.1, 0.15) is 5.82 Å². The lowest BCUT2D eigenvalue weighted by atomic mass is 9.97. The Morgan fingerprint density at radius 3 is 2.53 bits per heavy atom. The molecule has 2 aliphatic rings. The van der Waals surface area contributed by atoms with Crippen LogP contribution in [-0.2, 0) is 12.7 Å². The number of hydrogen-bond donors (Lipinski definition) is 1. The Balaban J connectivity index is 1.41. The number of nitrogens with one attached hydrogen (secondary N) is 1. The summed E-state index contributed by atoms with van der Waals surface area (Å²) in [4.78, 5) is 18.7. The number of carbonyl (C=O) groups excluding carboxylic acids is 1. The highest BCUT2D eigenvalue weighted by Crippen LogP contribution is 2.41. The molecule has 2 amide bonds. The number of para-hydroxylation sites is 1. The van der Waals surface area contributed by atoms with Crippen LogP contribution in [0.2, 0.25) is 5.02 Å². The number of alkyl halides is 3. The normalized spacial score (nSPS) is 19.1. The van der Waals surface area contributed by atoms with Gasteiger partial charge in [-0.1, -0.05) is 35.9 Å². The molecule has 36 heavy (non-hydrogen) atoms. The van der Waals surface area contributed by atoms with Gasteiger partial charge >= 0.3 is 12.2 Å². The third kappa shape index (κ3) is 4.27. The van der Waals surface area contributed by atoms with Crippen molar-refractivity contribution in [3.63, 3.8) is 0 Å². The minimum absolute atomic E-state index is 0.00372. The number of nitrogens with zero attached hydrogens (tertiary/aromatic N) is 4. The molecule has 3 aromatic rings. The molecule has 1 saturated heterocycles. The molecule has 2 aromatic carbocycles. The van der Waals surface area contributed by atoms with E-state index in [-0.39, 0.29) is 30.2 Å². The first kappa shape index (κ1) is 24.4. The maximum Gasteiger partial charge on any atom is 0.416 e. The second kappa shape index (κ2) is 9.31. The Morgan fingerprint density at radius 1 is 1.11 bits per heavy atom. The smallest absolute Gasteiger partial charge is 0.368 e. The van der Waals surface area contributed by atoms with Crippen LogP contribution in [0.3, 0.4) is 0 Å². The second-order valence-electron chi connectivity index (χ2n) is 9.06. The van der Waals surface area contributed by atoms with E-state index in [0.717, 1.165) is 6.07 Å². The molecule has 0 spiro atoms. The number of halogens is 5. The number of benzene rings is 2. The summed E-state index contributed by atoms with van der Waals surface area (Å²) in [5.41, 5.74) is 0.707. The molecule has 0 aliphatic carbocycles. The average molecular weight is 522 g/mol. The van der Waals surface area contributed by atoms with E-state index in [1.807, 2.05) is 11.8 Å². The topological polar surface area (TPSA) is 55.5 Å². The van der Waals surface area contributed by atoms with Gasteiger partial charge in [0.05, 0.1) is 46.4 Å². The van der Waals surface area contributed by atoms with Crippen LogP contribution in [0.25, 0.3) is 0 Å². The summed E-state index contributed by atoms with van der Waals surface area (Å²) >= 11 is 6.23. The Labute approximate surface area is 210 Å². The van der Waals surface area contributed by atoms with Crippen LogP contribution < -0.4 is 9.80 Å². The molecular weight excluding hydrogens is 498 g/mol. The van der Waals surface area contributed by atoms with Gasteiger partial charge in [0.25, 0.3) is 0 Å². The van der Waals surface area contributed by atoms with E-state index < -0.39 is 17.6 Å². The van der Waals surface area contributed by atoms with Crippen molar-refractivity contribution in [3.8, 4) is 0 Å².